The summed E-state index contributed by atoms with van der Waals surface area (Å²) in [5, 5.41) is 20.9. The zero-order chi connectivity index (χ0) is 25.4. The molecular weight excluding hydrogens is 456 g/mol. The lowest BCUT2D eigenvalue weighted by atomic mass is 9.88. The molecular formula is C33H26N2O2. The van der Waals surface area contributed by atoms with Crippen molar-refractivity contribution in [2.75, 3.05) is 0 Å². The third-order valence-corrected chi connectivity index (χ3v) is 7.34. The number of aliphatic imine (C=N–C) groups is 1. The van der Waals surface area contributed by atoms with E-state index in [2.05, 4.69) is 60.7 Å². The highest BCUT2D eigenvalue weighted by Gasteiger charge is 2.33. The third-order valence-electron chi connectivity index (χ3n) is 7.34. The number of nitro groups is 1. The van der Waals surface area contributed by atoms with Crippen LogP contribution < -0.4 is 0 Å². The quantitative estimate of drug-likeness (QED) is 0.103. The zero-order valence-electron chi connectivity index (χ0n) is 20.5. The summed E-state index contributed by atoms with van der Waals surface area (Å²) >= 11 is 0. The van der Waals surface area contributed by atoms with Gasteiger partial charge in [0.1, 0.15) is 6.04 Å². The van der Waals surface area contributed by atoms with Crippen molar-refractivity contribution in [3.63, 3.8) is 0 Å². The Balaban J connectivity index is 1.65. The van der Waals surface area contributed by atoms with Gasteiger partial charge in [-0.25, -0.2) is 0 Å². The molecule has 0 saturated carbocycles. The molecule has 180 valence electrons. The molecule has 0 unspecified atom stereocenters. The van der Waals surface area contributed by atoms with Gasteiger partial charge in [-0.3, -0.25) is 15.1 Å². The average Bonchev–Trinajstić information content (AvgIpc) is 2.93. The summed E-state index contributed by atoms with van der Waals surface area (Å²) in [7, 11) is 0. The van der Waals surface area contributed by atoms with E-state index < -0.39 is 12.1 Å². The number of benzene rings is 6. The predicted molar refractivity (Wildman–Crippen MR) is 154 cm³/mol. The second-order valence-corrected chi connectivity index (χ2v) is 9.45. The molecule has 0 fully saturated rings. The van der Waals surface area contributed by atoms with Crippen LogP contribution in [0.25, 0.3) is 43.1 Å². The smallest absolute Gasteiger partial charge is 0.239 e. The van der Waals surface area contributed by atoms with E-state index in [1.165, 1.54) is 0 Å². The first-order valence-corrected chi connectivity index (χ1v) is 12.6. The summed E-state index contributed by atoms with van der Waals surface area (Å²) in [6.45, 7) is 1.87. The van der Waals surface area contributed by atoms with Crippen molar-refractivity contribution in [2.24, 2.45) is 4.99 Å². The molecule has 0 amide bonds. The molecule has 0 heterocycles. The highest BCUT2D eigenvalue weighted by atomic mass is 16.6. The Morgan fingerprint density at radius 1 is 0.703 bits per heavy atom. The summed E-state index contributed by atoms with van der Waals surface area (Å²) in [6.07, 6.45) is 2.25. The summed E-state index contributed by atoms with van der Waals surface area (Å²) in [5.41, 5.74) is 1.90. The Morgan fingerprint density at radius 2 is 1.11 bits per heavy atom. The minimum absolute atomic E-state index is 0.167. The zero-order valence-corrected chi connectivity index (χ0v) is 20.5. The molecule has 0 aromatic heterocycles. The van der Waals surface area contributed by atoms with E-state index in [4.69, 9.17) is 4.99 Å². The summed E-state index contributed by atoms with van der Waals surface area (Å²) in [6, 6.07) is 35.6. The Kier molecular flexibility index (Phi) is 5.85. The fraction of sp³-hybridized carbons (Fsp3) is 0.121. The summed E-state index contributed by atoms with van der Waals surface area (Å²) < 4.78 is 0. The first-order chi connectivity index (χ1) is 18.2. The van der Waals surface area contributed by atoms with E-state index in [0.29, 0.717) is 6.42 Å². The highest BCUT2D eigenvalue weighted by Crippen LogP contribution is 2.38. The van der Waals surface area contributed by atoms with Crippen LogP contribution in [0.1, 0.15) is 30.5 Å². The molecule has 0 spiro atoms. The van der Waals surface area contributed by atoms with E-state index in [9.17, 15) is 10.1 Å². The van der Waals surface area contributed by atoms with Crippen molar-refractivity contribution in [1.82, 2.24) is 0 Å². The Labute approximate surface area is 215 Å². The first-order valence-electron chi connectivity index (χ1n) is 12.6. The van der Waals surface area contributed by atoms with Gasteiger partial charge in [0.15, 0.2) is 0 Å². The molecule has 6 aromatic rings. The lowest BCUT2D eigenvalue weighted by Crippen LogP contribution is -2.26. The van der Waals surface area contributed by atoms with Crippen LogP contribution in [0.4, 0.5) is 0 Å². The van der Waals surface area contributed by atoms with Crippen LogP contribution >= 0.6 is 0 Å². The van der Waals surface area contributed by atoms with Crippen LogP contribution in [0, 0.1) is 10.1 Å². The minimum Gasteiger partial charge on any atom is -0.277 e. The monoisotopic (exact) mass is 482 g/mol. The van der Waals surface area contributed by atoms with Gasteiger partial charge >= 0.3 is 0 Å². The standard InChI is InChI=1S/C33H26N2O2/c1-2-31(35(36)37)33(32-28-17-9-5-13-24(28)20-25-14-6-10-18-29(25)32)34-21-30-26-15-7-3-11-22(26)19-23-12-4-8-16-27(23)30/h3-21,31,33H,2H2,1H3/t31-,33+/m0/s1. The molecule has 0 aliphatic carbocycles. The molecule has 6 rings (SSSR count). The molecule has 0 radical (unpaired) electrons. The van der Waals surface area contributed by atoms with Crippen LogP contribution in [0.5, 0.6) is 0 Å². The maximum absolute atomic E-state index is 12.4. The molecule has 0 saturated heterocycles. The number of nitrogens with zero attached hydrogens (tertiary/aromatic N) is 2. The predicted octanol–water partition coefficient (Wildman–Crippen LogP) is 8.51. The third kappa shape index (κ3) is 4.01. The fourth-order valence-electron chi connectivity index (χ4n) is 5.56. The minimum atomic E-state index is -0.855. The summed E-state index contributed by atoms with van der Waals surface area (Å²) in [4.78, 5) is 17.3. The van der Waals surface area contributed by atoms with Crippen molar-refractivity contribution in [1.29, 1.82) is 0 Å². The van der Waals surface area contributed by atoms with Gasteiger partial charge in [-0.15, -0.1) is 0 Å². The van der Waals surface area contributed by atoms with Crippen molar-refractivity contribution in [3.8, 4) is 0 Å². The Morgan fingerprint density at radius 3 is 1.54 bits per heavy atom. The molecule has 0 aliphatic heterocycles. The second-order valence-electron chi connectivity index (χ2n) is 9.45. The number of hydrogen-bond donors (Lipinski definition) is 0. The second kappa shape index (κ2) is 9.47. The lowest BCUT2D eigenvalue weighted by molar-refractivity contribution is -0.526. The highest BCUT2D eigenvalue weighted by molar-refractivity contribution is 6.13. The van der Waals surface area contributed by atoms with Gasteiger partial charge in [-0.1, -0.05) is 104 Å². The van der Waals surface area contributed by atoms with Gasteiger partial charge in [0.25, 0.3) is 0 Å². The van der Waals surface area contributed by atoms with Gasteiger partial charge < -0.3 is 0 Å². The number of hydrogen-bond acceptors (Lipinski definition) is 3. The normalized spacial score (nSPS) is 13.5. The van der Waals surface area contributed by atoms with Crippen molar-refractivity contribution >= 4 is 49.3 Å². The van der Waals surface area contributed by atoms with Crippen molar-refractivity contribution < 1.29 is 4.92 Å². The van der Waals surface area contributed by atoms with Gasteiger partial charge in [0.05, 0.1) is 0 Å². The van der Waals surface area contributed by atoms with Crippen LogP contribution in [-0.2, 0) is 0 Å². The Bertz CT molecular complexity index is 1710. The van der Waals surface area contributed by atoms with Gasteiger partial charge in [0.2, 0.25) is 6.04 Å². The molecule has 4 heteroatoms. The van der Waals surface area contributed by atoms with E-state index in [-0.39, 0.29) is 4.92 Å². The van der Waals surface area contributed by atoms with E-state index >= 15 is 0 Å². The van der Waals surface area contributed by atoms with E-state index in [1.807, 2.05) is 61.7 Å². The molecule has 6 aromatic carbocycles. The van der Waals surface area contributed by atoms with Gasteiger partial charge in [-0.2, -0.15) is 0 Å². The van der Waals surface area contributed by atoms with E-state index in [1.54, 1.807) is 0 Å². The molecule has 0 aliphatic rings. The van der Waals surface area contributed by atoms with Crippen LogP contribution in [-0.4, -0.2) is 17.2 Å². The molecule has 2 atom stereocenters. The molecule has 0 N–H and O–H groups in total. The first kappa shape index (κ1) is 22.9. The Hall–Kier alpha value is -4.57. The molecule has 4 nitrogen and oxygen atoms in total. The van der Waals surface area contributed by atoms with Crippen LogP contribution in [0.2, 0.25) is 0 Å². The SMILES string of the molecule is CC[C@@H]([C@@H](N=Cc1c2ccccc2cc2ccccc12)c1c2ccccc2cc2ccccc12)[N+](=O)[O-]. The van der Waals surface area contributed by atoms with Gasteiger partial charge in [0, 0.05) is 23.1 Å². The van der Waals surface area contributed by atoms with Gasteiger partial charge in [-0.05, 0) is 60.8 Å². The molecule has 0 bridgehead atoms. The maximum atomic E-state index is 12.4. The van der Waals surface area contributed by atoms with Crippen LogP contribution in [0.3, 0.4) is 0 Å². The van der Waals surface area contributed by atoms with Crippen molar-refractivity contribution in [3.05, 3.63) is 130 Å². The maximum Gasteiger partial charge on any atom is 0.239 e. The van der Waals surface area contributed by atoms with Crippen LogP contribution in [0.15, 0.2) is 114 Å². The average molecular weight is 483 g/mol. The molecule has 37 heavy (non-hydrogen) atoms. The number of rotatable bonds is 6. The lowest BCUT2D eigenvalue weighted by Gasteiger charge is -2.21. The largest absolute Gasteiger partial charge is 0.277 e. The number of fused-ring (bicyclic) bond motifs is 4. The summed E-state index contributed by atoms with van der Waals surface area (Å²) in [5.74, 6) is 0. The fourth-order valence-corrected chi connectivity index (χ4v) is 5.56. The topological polar surface area (TPSA) is 55.5 Å². The van der Waals surface area contributed by atoms with Crippen molar-refractivity contribution in [2.45, 2.75) is 25.4 Å². The van der Waals surface area contributed by atoms with E-state index in [0.717, 1.165) is 54.2 Å².